The number of sulfonamides is 1. The van der Waals surface area contributed by atoms with Gasteiger partial charge in [-0.3, -0.25) is 13.9 Å². The van der Waals surface area contributed by atoms with Gasteiger partial charge in [-0.1, -0.05) is 83.4 Å². The molecular formula is C35H37Cl2N3O5S. The average Bonchev–Trinajstić information content (AvgIpc) is 3.03. The van der Waals surface area contributed by atoms with Crippen LogP contribution in [-0.4, -0.2) is 51.4 Å². The van der Waals surface area contributed by atoms with Crippen LogP contribution in [0.5, 0.6) is 5.75 Å². The van der Waals surface area contributed by atoms with Gasteiger partial charge in [0.15, 0.2) is 0 Å². The maximum Gasteiger partial charge on any atom is 0.264 e. The zero-order valence-electron chi connectivity index (χ0n) is 26.2. The second kappa shape index (κ2) is 15.5. The Morgan fingerprint density at radius 1 is 0.848 bits per heavy atom. The van der Waals surface area contributed by atoms with Gasteiger partial charge in [-0.15, -0.1) is 0 Å². The van der Waals surface area contributed by atoms with Crippen molar-refractivity contribution in [2.75, 3.05) is 24.5 Å². The predicted molar refractivity (Wildman–Crippen MR) is 183 cm³/mol. The smallest absolute Gasteiger partial charge is 0.264 e. The molecule has 0 aromatic heterocycles. The van der Waals surface area contributed by atoms with Crippen LogP contribution in [0, 0.1) is 13.8 Å². The van der Waals surface area contributed by atoms with Crippen molar-refractivity contribution >= 4 is 50.7 Å². The lowest BCUT2D eigenvalue weighted by Gasteiger charge is -2.34. The summed E-state index contributed by atoms with van der Waals surface area (Å²) in [5.41, 5.74) is 3.29. The molecule has 0 aliphatic heterocycles. The summed E-state index contributed by atoms with van der Waals surface area (Å²) in [7, 11) is -2.84. The molecule has 0 fully saturated rings. The standard InChI is InChI=1S/C35H37Cl2N3O5S/c1-5-38-35(42)32(21-26-9-7-6-8-10-26)39(22-27-14-17-29(36)30(37)20-27)34(41)23-40(31-19-25(3)13-18-33(31)45-4)46(43,44)28-15-11-24(2)12-16-28/h6-20,32H,5,21-23H2,1-4H3,(H,38,42). The van der Waals surface area contributed by atoms with Crippen molar-refractivity contribution < 1.29 is 22.7 Å². The van der Waals surface area contributed by atoms with E-state index in [0.717, 1.165) is 21.0 Å². The minimum atomic E-state index is -4.28. The first-order valence-electron chi connectivity index (χ1n) is 14.7. The highest BCUT2D eigenvalue weighted by atomic mass is 35.5. The van der Waals surface area contributed by atoms with Gasteiger partial charge in [0.1, 0.15) is 18.3 Å². The number of likely N-dealkylation sites (N-methyl/N-ethyl adjacent to an activating group) is 1. The van der Waals surface area contributed by atoms with Crippen LogP contribution in [0.1, 0.15) is 29.2 Å². The molecule has 0 bridgehead atoms. The van der Waals surface area contributed by atoms with Crippen LogP contribution >= 0.6 is 23.2 Å². The normalized spacial score (nSPS) is 11.9. The minimum absolute atomic E-state index is 0.00931. The molecule has 0 heterocycles. The first kappa shape index (κ1) is 34.8. The van der Waals surface area contributed by atoms with Gasteiger partial charge in [0.05, 0.1) is 27.7 Å². The number of ether oxygens (including phenoxy) is 1. The number of hydrogen-bond acceptors (Lipinski definition) is 5. The largest absolute Gasteiger partial charge is 0.495 e. The van der Waals surface area contributed by atoms with Crippen molar-refractivity contribution in [3.05, 3.63) is 123 Å². The highest BCUT2D eigenvalue weighted by Crippen LogP contribution is 2.34. The monoisotopic (exact) mass is 681 g/mol. The maximum absolute atomic E-state index is 14.6. The molecule has 46 heavy (non-hydrogen) atoms. The molecule has 4 aromatic rings. The van der Waals surface area contributed by atoms with E-state index < -0.39 is 28.5 Å². The number of rotatable bonds is 13. The fraction of sp³-hybridized carbons (Fsp3) is 0.257. The Morgan fingerprint density at radius 3 is 2.15 bits per heavy atom. The number of hydrogen-bond donors (Lipinski definition) is 1. The molecule has 1 unspecified atom stereocenters. The van der Waals surface area contributed by atoms with Crippen LogP contribution in [0.3, 0.4) is 0 Å². The van der Waals surface area contributed by atoms with Crippen LogP contribution in [0.15, 0.2) is 95.9 Å². The Labute approximate surface area is 280 Å². The van der Waals surface area contributed by atoms with E-state index in [1.54, 1.807) is 55.5 Å². The fourth-order valence-corrected chi connectivity index (χ4v) is 6.76. The van der Waals surface area contributed by atoms with Gasteiger partial charge < -0.3 is 15.0 Å². The molecule has 8 nitrogen and oxygen atoms in total. The number of nitrogens with zero attached hydrogens (tertiary/aromatic N) is 2. The number of aryl methyl sites for hydroxylation is 2. The van der Waals surface area contributed by atoms with Crippen LogP contribution in [-0.2, 0) is 32.6 Å². The molecule has 0 aliphatic rings. The molecule has 242 valence electrons. The minimum Gasteiger partial charge on any atom is -0.495 e. The predicted octanol–water partition coefficient (Wildman–Crippen LogP) is 6.59. The molecular weight excluding hydrogens is 645 g/mol. The van der Waals surface area contributed by atoms with Crippen molar-refractivity contribution in [1.29, 1.82) is 0 Å². The summed E-state index contributed by atoms with van der Waals surface area (Å²) in [6.07, 6.45) is 0.193. The molecule has 0 spiro atoms. The van der Waals surface area contributed by atoms with Crippen LogP contribution in [0.4, 0.5) is 5.69 Å². The molecule has 0 saturated carbocycles. The van der Waals surface area contributed by atoms with Gasteiger partial charge in [0.2, 0.25) is 11.8 Å². The second-order valence-corrected chi connectivity index (χ2v) is 13.5. The van der Waals surface area contributed by atoms with E-state index in [1.807, 2.05) is 44.2 Å². The van der Waals surface area contributed by atoms with Gasteiger partial charge in [0, 0.05) is 19.5 Å². The van der Waals surface area contributed by atoms with E-state index in [-0.39, 0.29) is 40.2 Å². The third kappa shape index (κ3) is 8.40. The topological polar surface area (TPSA) is 96.0 Å². The van der Waals surface area contributed by atoms with Gasteiger partial charge in [0.25, 0.3) is 10.0 Å². The van der Waals surface area contributed by atoms with Gasteiger partial charge in [-0.2, -0.15) is 0 Å². The molecule has 0 aliphatic carbocycles. The molecule has 1 N–H and O–H groups in total. The van der Waals surface area contributed by atoms with E-state index in [1.165, 1.54) is 24.1 Å². The van der Waals surface area contributed by atoms with Crippen LogP contribution < -0.4 is 14.4 Å². The number of amides is 2. The fourth-order valence-electron chi connectivity index (χ4n) is 5.03. The van der Waals surface area contributed by atoms with Crippen LogP contribution in [0.2, 0.25) is 10.0 Å². The lowest BCUT2D eigenvalue weighted by atomic mass is 10.0. The number of methoxy groups -OCH3 is 1. The van der Waals surface area contributed by atoms with E-state index in [2.05, 4.69) is 5.32 Å². The Bertz CT molecular complexity index is 1780. The molecule has 0 radical (unpaired) electrons. The highest BCUT2D eigenvalue weighted by molar-refractivity contribution is 7.92. The number of nitrogens with one attached hydrogen (secondary N) is 1. The Morgan fingerprint density at radius 2 is 1.52 bits per heavy atom. The molecule has 4 aromatic carbocycles. The van der Waals surface area contributed by atoms with Crippen molar-refractivity contribution in [3.8, 4) is 5.75 Å². The zero-order valence-corrected chi connectivity index (χ0v) is 28.5. The number of carbonyl (C=O) groups excluding carboxylic acids is 2. The maximum atomic E-state index is 14.6. The summed E-state index contributed by atoms with van der Waals surface area (Å²) in [5.74, 6) is -0.701. The number of halogens is 2. The SMILES string of the molecule is CCNC(=O)C(Cc1ccccc1)N(Cc1ccc(Cl)c(Cl)c1)C(=O)CN(c1cc(C)ccc1OC)S(=O)(=O)c1ccc(C)cc1. The average molecular weight is 683 g/mol. The first-order valence-corrected chi connectivity index (χ1v) is 16.9. The first-order chi connectivity index (χ1) is 21.9. The number of anilines is 1. The molecule has 4 rings (SSSR count). The third-order valence-electron chi connectivity index (χ3n) is 7.45. The summed E-state index contributed by atoms with van der Waals surface area (Å²) in [4.78, 5) is 29.6. The lowest BCUT2D eigenvalue weighted by molar-refractivity contribution is -0.140. The highest BCUT2D eigenvalue weighted by Gasteiger charge is 2.35. The Balaban J connectivity index is 1.86. The number of benzene rings is 4. The van der Waals surface area contributed by atoms with Crippen molar-refractivity contribution in [1.82, 2.24) is 10.2 Å². The summed E-state index contributed by atoms with van der Waals surface area (Å²) < 4.78 is 35.2. The number of carbonyl (C=O) groups is 2. The molecule has 11 heteroatoms. The molecule has 0 saturated heterocycles. The van der Waals surface area contributed by atoms with E-state index in [4.69, 9.17) is 27.9 Å². The Hall–Kier alpha value is -4.05. The quantitative estimate of drug-likeness (QED) is 0.172. The summed E-state index contributed by atoms with van der Waals surface area (Å²) in [5, 5.41) is 3.48. The third-order valence-corrected chi connectivity index (χ3v) is 9.96. The summed E-state index contributed by atoms with van der Waals surface area (Å²) in [6, 6.07) is 24.8. The van der Waals surface area contributed by atoms with E-state index in [0.29, 0.717) is 17.1 Å². The van der Waals surface area contributed by atoms with Crippen molar-refractivity contribution in [2.24, 2.45) is 0 Å². The zero-order chi connectivity index (χ0) is 33.4. The summed E-state index contributed by atoms with van der Waals surface area (Å²) >= 11 is 12.5. The Kier molecular flexibility index (Phi) is 11.7. The van der Waals surface area contributed by atoms with Crippen molar-refractivity contribution in [2.45, 2.75) is 44.7 Å². The summed E-state index contributed by atoms with van der Waals surface area (Å²) in [6.45, 7) is 5.17. The molecule has 1 atom stereocenters. The van der Waals surface area contributed by atoms with Crippen molar-refractivity contribution in [3.63, 3.8) is 0 Å². The van der Waals surface area contributed by atoms with Crippen LogP contribution in [0.25, 0.3) is 0 Å². The van der Waals surface area contributed by atoms with E-state index in [9.17, 15) is 18.0 Å². The van der Waals surface area contributed by atoms with Gasteiger partial charge in [-0.05, 0) is 73.9 Å². The lowest BCUT2D eigenvalue weighted by Crippen LogP contribution is -2.53. The van der Waals surface area contributed by atoms with Gasteiger partial charge >= 0.3 is 0 Å². The molecule has 2 amide bonds. The second-order valence-electron chi connectivity index (χ2n) is 10.9. The van der Waals surface area contributed by atoms with Gasteiger partial charge in [-0.25, -0.2) is 8.42 Å². The van der Waals surface area contributed by atoms with E-state index >= 15 is 0 Å².